The van der Waals surface area contributed by atoms with Crippen LogP contribution in [-0.2, 0) is 4.74 Å². The first-order valence-electron chi connectivity index (χ1n) is 7.04. The van der Waals surface area contributed by atoms with E-state index in [-0.39, 0.29) is 12.1 Å². The molecule has 0 saturated heterocycles. The summed E-state index contributed by atoms with van der Waals surface area (Å²) in [6.07, 6.45) is 2.83. The number of hydrogen-bond acceptors (Lipinski definition) is 4. The Morgan fingerprint density at radius 3 is 2.60 bits per heavy atom. The van der Waals surface area contributed by atoms with E-state index in [1.807, 2.05) is 41.2 Å². The van der Waals surface area contributed by atoms with Gasteiger partial charge in [-0.25, -0.2) is 4.68 Å². The zero-order valence-corrected chi connectivity index (χ0v) is 12.3. The van der Waals surface area contributed by atoms with Crippen molar-refractivity contribution in [1.82, 2.24) is 20.3 Å². The number of benzene rings is 1. The third kappa shape index (κ3) is 3.05. The van der Waals surface area contributed by atoms with E-state index >= 15 is 0 Å². The van der Waals surface area contributed by atoms with Crippen molar-refractivity contribution in [2.75, 3.05) is 13.7 Å². The molecule has 20 heavy (non-hydrogen) atoms. The van der Waals surface area contributed by atoms with E-state index in [4.69, 9.17) is 4.74 Å². The molecule has 108 valence electrons. The summed E-state index contributed by atoms with van der Waals surface area (Å²) in [7, 11) is 1.75. The average molecular weight is 274 g/mol. The largest absolute Gasteiger partial charge is 0.379 e. The lowest BCUT2D eigenvalue weighted by molar-refractivity contribution is 0.0635. The molecule has 1 N–H and O–H groups in total. The highest BCUT2D eigenvalue weighted by Crippen LogP contribution is 2.22. The van der Waals surface area contributed by atoms with Crippen LogP contribution >= 0.6 is 0 Å². The third-order valence-corrected chi connectivity index (χ3v) is 3.40. The Morgan fingerprint density at radius 2 is 2.00 bits per heavy atom. The van der Waals surface area contributed by atoms with E-state index in [0.717, 1.165) is 24.3 Å². The van der Waals surface area contributed by atoms with E-state index in [0.29, 0.717) is 0 Å². The van der Waals surface area contributed by atoms with Crippen LogP contribution in [0.5, 0.6) is 0 Å². The molecule has 0 saturated carbocycles. The Balaban J connectivity index is 2.37. The lowest BCUT2D eigenvalue weighted by Gasteiger charge is -2.26. The van der Waals surface area contributed by atoms with E-state index in [9.17, 15) is 0 Å². The summed E-state index contributed by atoms with van der Waals surface area (Å²) in [6, 6.07) is 10.1. The number of para-hydroxylation sites is 1. The maximum atomic E-state index is 5.60. The third-order valence-electron chi connectivity index (χ3n) is 3.40. The summed E-state index contributed by atoms with van der Waals surface area (Å²) in [5.41, 5.74) is 2.03. The van der Waals surface area contributed by atoms with E-state index < -0.39 is 0 Å². The van der Waals surface area contributed by atoms with Crippen LogP contribution in [-0.4, -0.2) is 34.8 Å². The fraction of sp³-hybridized carbons (Fsp3) is 0.467. The fourth-order valence-electron chi connectivity index (χ4n) is 2.41. The molecule has 5 nitrogen and oxygen atoms in total. The molecular weight excluding hydrogens is 252 g/mol. The highest BCUT2D eigenvalue weighted by molar-refractivity contribution is 5.32. The number of methoxy groups -OCH3 is 1. The first kappa shape index (κ1) is 14.7. The fourth-order valence-corrected chi connectivity index (χ4v) is 2.41. The van der Waals surface area contributed by atoms with Gasteiger partial charge in [-0.05, 0) is 25.1 Å². The molecule has 0 radical (unpaired) electrons. The van der Waals surface area contributed by atoms with Gasteiger partial charge in [0, 0.05) is 7.11 Å². The summed E-state index contributed by atoms with van der Waals surface area (Å²) >= 11 is 0. The second kappa shape index (κ2) is 7.17. The van der Waals surface area contributed by atoms with Gasteiger partial charge in [0.15, 0.2) is 0 Å². The number of ether oxygens (including phenoxy) is 1. The Morgan fingerprint density at radius 1 is 1.25 bits per heavy atom. The molecule has 0 aliphatic carbocycles. The van der Waals surface area contributed by atoms with Crippen molar-refractivity contribution in [1.29, 1.82) is 0 Å². The van der Waals surface area contributed by atoms with E-state index in [1.54, 1.807) is 7.11 Å². The van der Waals surface area contributed by atoms with Gasteiger partial charge in [0.1, 0.15) is 0 Å². The van der Waals surface area contributed by atoms with E-state index in [1.165, 1.54) is 0 Å². The van der Waals surface area contributed by atoms with Crippen molar-refractivity contribution >= 4 is 0 Å². The van der Waals surface area contributed by atoms with Crippen molar-refractivity contribution in [2.45, 2.75) is 32.4 Å². The molecule has 1 aromatic heterocycles. The van der Waals surface area contributed by atoms with Gasteiger partial charge in [-0.15, -0.1) is 5.10 Å². The van der Waals surface area contributed by atoms with Gasteiger partial charge < -0.3 is 10.1 Å². The number of nitrogens with one attached hydrogen (secondary N) is 1. The van der Waals surface area contributed by atoms with E-state index in [2.05, 4.69) is 29.5 Å². The van der Waals surface area contributed by atoms with Crippen LogP contribution < -0.4 is 5.32 Å². The van der Waals surface area contributed by atoms with Crippen molar-refractivity contribution in [2.24, 2.45) is 0 Å². The molecule has 2 rings (SSSR count). The van der Waals surface area contributed by atoms with Crippen molar-refractivity contribution in [3.63, 3.8) is 0 Å². The lowest BCUT2D eigenvalue weighted by Crippen LogP contribution is -2.34. The smallest absolute Gasteiger partial charge is 0.0841 e. The van der Waals surface area contributed by atoms with Crippen LogP contribution in [0.3, 0.4) is 0 Å². The number of hydrogen-bond donors (Lipinski definition) is 1. The molecule has 2 aromatic rings. The monoisotopic (exact) mass is 274 g/mol. The molecule has 0 fully saturated rings. The van der Waals surface area contributed by atoms with Crippen LogP contribution in [0.15, 0.2) is 36.5 Å². The van der Waals surface area contributed by atoms with Gasteiger partial charge in [-0.1, -0.05) is 37.3 Å². The average Bonchev–Trinajstić information content (AvgIpc) is 2.97. The molecule has 2 unspecified atom stereocenters. The molecular formula is C15H22N4O. The molecule has 0 amide bonds. The molecule has 1 aromatic carbocycles. The first-order chi connectivity index (χ1) is 9.81. The van der Waals surface area contributed by atoms with Crippen molar-refractivity contribution < 1.29 is 4.74 Å². The Hall–Kier alpha value is -1.72. The normalized spacial score (nSPS) is 14.2. The predicted molar refractivity (Wildman–Crippen MR) is 78.9 cm³/mol. The molecule has 0 aliphatic rings. The molecule has 2 atom stereocenters. The molecule has 0 spiro atoms. The minimum atomic E-state index is 0.0743. The summed E-state index contributed by atoms with van der Waals surface area (Å²) in [6.45, 7) is 5.08. The van der Waals surface area contributed by atoms with Gasteiger partial charge in [0.05, 0.1) is 29.7 Å². The number of likely N-dealkylation sites (N-methyl/N-ethyl adjacent to an activating group) is 1. The Bertz CT molecular complexity index is 508. The zero-order valence-electron chi connectivity index (χ0n) is 12.3. The summed E-state index contributed by atoms with van der Waals surface area (Å²) in [5, 5.41) is 11.8. The second-order valence-corrected chi connectivity index (χ2v) is 4.62. The molecule has 5 heteroatoms. The Kier molecular flexibility index (Phi) is 5.26. The highest BCUT2D eigenvalue weighted by atomic mass is 16.5. The second-order valence-electron chi connectivity index (χ2n) is 4.62. The van der Waals surface area contributed by atoms with Crippen molar-refractivity contribution in [3.05, 3.63) is 42.2 Å². The molecule has 1 heterocycles. The molecule has 0 bridgehead atoms. The Labute approximate surface area is 120 Å². The van der Waals surface area contributed by atoms with Gasteiger partial charge in [-0.3, -0.25) is 0 Å². The quantitative estimate of drug-likeness (QED) is 0.842. The minimum Gasteiger partial charge on any atom is -0.379 e. The zero-order chi connectivity index (χ0) is 14.4. The summed E-state index contributed by atoms with van der Waals surface area (Å²) < 4.78 is 7.47. The van der Waals surface area contributed by atoms with Crippen LogP contribution in [0.2, 0.25) is 0 Å². The first-order valence-corrected chi connectivity index (χ1v) is 7.04. The van der Waals surface area contributed by atoms with Crippen LogP contribution in [0.25, 0.3) is 5.69 Å². The highest BCUT2D eigenvalue weighted by Gasteiger charge is 2.25. The predicted octanol–water partition coefficient (Wildman–Crippen LogP) is 2.34. The summed E-state index contributed by atoms with van der Waals surface area (Å²) in [4.78, 5) is 0. The standard InChI is InChI=1S/C15H22N4O/c1-4-14(20-3)15(16-5-2)13-11-17-18-19(13)12-9-7-6-8-10-12/h6-11,14-16H,4-5H2,1-3H3. The molecule has 0 aliphatic heterocycles. The number of aromatic nitrogens is 3. The van der Waals surface area contributed by atoms with Crippen LogP contribution in [0, 0.1) is 0 Å². The van der Waals surface area contributed by atoms with Crippen molar-refractivity contribution in [3.8, 4) is 5.69 Å². The van der Waals surface area contributed by atoms with Crippen LogP contribution in [0.1, 0.15) is 32.0 Å². The summed E-state index contributed by atoms with van der Waals surface area (Å²) in [5.74, 6) is 0. The maximum absolute atomic E-state index is 5.60. The SMILES string of the molecule is CCNC(c1cnnn1-c1ccccc1)C(CC)OC. The minimum absolute atomic E-state index is 0.0743. The number of rotatable bonds is 7. The lowest BCUT2D eigenvalue weighted by atomic mass is 10.1. The van der Waals surface area contributed by atoms with Gasteiger partial charge >= 0.3 is 0 Å². The van der Waals surface area contributed by atoms with Gasteiger partial charge in [-0.2, -0.15) is 0 Å². The maximum Gasteiger partial charge on any atom is 0.0841 e. The van der Waals surface area contributed by atoms with Crippen LogP contribution in [0.4, 0.5) is 0 Å². The number of nitrogens with zero attached hydrogens (tertiary/aromatic N) is 3. The van der Waals surface area contributed by atoms with Gasteiger partial charge in [0.2, 0.25) is 0 Å². The van der Waals surface area contributed by atoms with Gasteiger partial charge in [0.25, 0.3) is 0 Å². The topological polar surface area (TPSA) is 52.0 Å².